The van der Waals surface area contributed by atoms with E-state index in [9.17, 15) is 13.2 Å². The zero-order chi connectivity index (χ0) is 22.7. The molecule has 7 nitrogen and oxygen atoms in total. The molecule has 162 valence electrons. The molecule has 0 aromatic carbocycles. The van der Waals surface area contributed by atoms with Crippen LogP contribution in [-0.2, 0) is 5.54 Å². The molecule has 0 radical (unpaired) electrons. The van der Waals surface area contributed by atoms with E-state index >= 15 is 0 Å². The number of pyridine rings is 3. The fourth-order valence-corrected chi connectivity index (χ4v) is 5.66. The highest BCUT2D eigenvalue weighted by molar-refractivity contribution is 8.15. The van der Waals surface area contributed by atoms with Crippen molar-refractivity contribution in [2.75, 3.05) is 5.32 Å². The molecular weight excluding hydrogens is 439 g/mol. The normalized spacial score (nSPS) is 26.4. The first kappa shape index (κ1) is 20.5. The molecule has 1 aliphatic heterocycles. The zero-order valence-electron chi connectivity index (χ0n) is 16.7. The number of rotatable bonds is 4. The Morgan fingerprint density at radius 3 is 2.84 bits per heavy atom. The lowest BCUT2D eigenvalue weighted by Crippen LogP contribution is -2.39. The Labute approximate surface area is 185 Å². The molecule has 3 atom stereocenters. The van der Waals surface area contributed by atoms with Gasteiger partial charge in [0.1, 0.15) is 11.6 Å². The lowest BCUT2D eigenvalue weighted by atomic mass is 9.86. The van der Waals surface area contributed by atoms with E-state index in [0.717, 1.165) is 11.8 Å². The van der Waals surface area contributed by atoms with Crippen molar-refractivity contribution in [1.29, 1.82) is 5.26 Å². The number of hydrogen-bond donors (Lipinski definition) is 2. The van der Waals surface area contributed by atoms with Gasteiger partial charge < -0.3 is 11.1 Å². The number of aromatic nitrogens is 3. The molecule has 0 unspecified atom stereocenters. The maximum absolute atomic E-state index is 14.8. The van der Waals surface area contributed by atoms with Crippen LogP contribution in [0.2, 0.25) is 0 Å². The number of nitrogens with zero attached hydrogens (tertiary/aromatic N) is 5. The Morgan fingerprint density at radius 1 is 1.28 bits per heavy atom. The monoisotopic (exact) mass is 455 g/mol. The van der Waals surface area contributed by atoms with Crippen LogP contribution in [0.3, 0.4) is 0 Å². The van der Waals surface area contributed by atoms with E-state index in [4.69, 9.17) is 11.0 Å². The predicted molar refractivity (Wildman–Crippen MR) is 115 cm³/mol. The molecule has 0 spiro atoms. The van der Waals surface area contributed by atoms with E-state index in [0.29, 0.717) is 28.0 Å². The van der Waals surface area contributed by atoms with Crippen molar-refractivity contribution in [1.82, 2.24) is 15.0 Å². The molecule has 32 heavy (non-hydrogen) atoms. The Bertz CT molecular complexity index is 1320. The number of halogens is 3. The van der Waals surface area contributed by atoms with Gasteiger partial charge in [-0.1, -0.05) is 11.8 Å². The highest BCUT2D eigenvalue weighted by Crippen LogP contribution is 2.68. The second kappa shape index (κ2) is 7.06. The van der Waals surface area contributed by atoms with Gasteiger partial charge in [0, 0.05) is 29.3 Å². The molecule has 0 saturated heterocycles. The molecule has 3 aromatic heterocycles. The van der Waals surface area contributed by atoms with Crippen LogP contribution in [0.15, 0.2) is 41.8 Å². The number of thioether (sulfide) groups is 1. The summed E-state index contributed by atoms with van der Waals surface area (Å²) in [7, 11) is 0. The van der Waals surface area contributed by atoms with Crippen molar-refractivity contribution in [3.05, 3.63) is 53.9 Å². The summed E-state index contributed by atoms with van der Waals surface area (Å²) in [5.41, 5.74) is 5.99. The van der Waals surface area contributed by atoms with Gasteiger partial charge >= 0.3 is 0 Å². The van der Waals surface area contributed by atoms with Crippen LogP contribution >= 0.6 is 11.8 Å². The molecule has 1 aliphatic carbocycles. The quantitative estimate of drug-likeness (QED) is 0.570. The number of hydrogen-bond acceptors (Lipinski definition) is 8. The molecule has 5 rings (SSSR count). The summed E-state index contributed by atoms with van der Waals surface area (Å²) in [5, 5.41) is 12.8. The summed E-state index contributed by atoms with van der Waals surface area (Å²) < 4.78 is 41.0. The van der Waals surface area contributed by atoms with Gasteiger partial charge in [0.25, 0.3) is 6.43 Å². The molecular formula is C21H16F3N7S. The van der Waals surface area contributed by atoms with Crippen LogP contribution in [0.4, 0.5) is 24.7 Å². The molecule has 4 heterocycles. The largest absolute Gasteiger partial charge is 0.378 e. The van der Waals surface area contributed by atoms with E-state index in [-0.39, 0.29) is 17.2 Å². The summed E-state index contributed by atoms with van der Waals surface area (Å²) in [6, 6.07) is 6.93. The number of fused-ring (bicyclic) bond motifs is 2. The van der Waals surface area contributed by atoms with Crippen molar-refractivity contribution >= 4 is 39.3 Å². The van der Waals surface area contributed by atoms with Gasteiger partial charge in [0.15, 0.2) is 11.0 Å². The van der Waals surface area contributed by atoms with Gasteiger partial charge in [-0.15, -0.1) is 0 Å². The first-order valence-electron chi connectivity index (χ1n) is 9.67. The molecule has 1 saturated carbocycles. The van der Waals surface area contributed by atoms with Crippen molar-refractivity contribution in [3.8, 4) is 6.07 Å². The standard InChI is InChI=1S/C21H16F3N7S/c1-20(14-6-21(14,18(23)24)32-19(26)31-20)13-5-12(9-29-16(13)22)30-17-15-11(2-3-27-17)4-10(7-25)8-28-15/h2-5,8-9,14,18H,6H2,1H3,(H2,26,31)(H,27,30)/t14-,20-,21-/m0/s1. The highest BCUT2D eigenvalue weighted by Gasteiger charge is 2.71. The highest BCUT2D eigenvalue weighted by atomic mass is 32.2. The van der Waals surface area contributed by atoms with E-state index in [1.54, 1.807) is 25.3 Å². The van der Waals surface area contributed by atoms with Crippen LogP contribution in [0.1, 0.15) is 24.5 Å². The molecule has 11 heteroatoms. The predicted octanol–water partition coefficient (Wildman–Crippen LogP) is 4.08. The smallest absolute Gasteiger partial charge is 0.253 e. The summed E-state index contributed by atoms with van der Waals surface area (Å²) >= 11 is 0.863. The minimum Gasteiger partial charge on any atom is -0.378 e. The summed E-state index contributed by atoms with van der Waals surface area (Å²) in [6.07, 6.45) is 1.84. The summed E-state index contributed by atoms with van der Waals surface area (Å²) in [5.74, 6) is -0.980. The van der Waals surface area contributed by atoms with Crippen molar-refractivity contribution in [2.45, 2.75) is 30.1 Å². The van der Waals surface area contributed by atoms with Gasteiger partial charge in [-0.2, -0.15) is 9.65 Å². The van der Waals surface area contributed by atoms with Crippen LogP contribution in [0, 0.1) is 23.2 Å². The minimum atomic E-state index is -2.60. The lowest BCUT2D eigenvalue weighted by molar-refractivity contribution is 0.123. The second-order valence-corrected chi connectivity index (χ2v) is 9.35. The summed E-state index contributed by atoms with van der Waals surface area (Å²) in [4.78, 5) is 16.8. The molecule has 0 amide bonds. The average molecular weight is 455 g/mol. The number of nitrogens with two attached hydrogens (primary N) is 1. The topological polar surface area (TPSA) is 113 Å². The van der Waals surface area contributed by atoms with Crippen LogP contribution < -0.4 is 11.1 Å². The average Bonchev–Trinajstić information content (AvgIpc) is 3.52. The number of amidine groups is 1. The Morgan fingerprint density at radius 2 is 2.09 bits per heavy atom. The third-order valence-corrected chi connectivity index (χ3v) is 7.32. The molecule has 1 fully saturated rings. The number of nitriles is 1. The minimum absolute atomic E-state index is 0.00697. The van der Waals surface area contributed by atoms with Crippen LogP contribution in [0.25, 0.3) is 10.9 Å². The lowest BCUT2D eigenvalue weighted by Gasteiger charge is -2.33. The number of anilines is 2. The van der Waals surface area contributed by atoms with Gasteiger partial charge in [-0.3, -0.25) is 9.98 Å². The van der Waals surface area contributed by atoms with E-state index in [1.807, 2.05) is 6.07 Å². The van der Waals surface area contributed by atoms with Crippen molar-refractivity contribution in [2.24, 2.45) is 16.6 Å². The summed E-state index contributed by atoms with van der Waals surface area (Å²) in [6.45, 7) is 1.61. The molecule has 2 aliphatic rings. The van der Waals surface area contributed by atoms with Crippen molar-refractivity contribution in [3.63, 3.8) is 0 Å². The zero-order valence-corrected chi connectivity index (χ0v) is 17.5. The molecule has 0 bridgehead atoms. The maximum Gasteiger partial charge on any atom is 0.253 e. The first-order chi connectivity index (χ1) is 15.3. The van der Waals surface area contributed by atoms with Gasteiger partial charge in [-0.25, -0.2) is 18.7 Å². The van der Waals surface area contributed by atoms with Gasteiger partial charge in [0.2, 0.25) is 5.95 Å². The maximum atomic E-state index is 14.8. The second-order valence-electron chi connectivity index (χ2n) is 7.97. The Balaban J connectivity index is 1.54. The fourth-order valence-electron chi connectivity index (χ4n) is 4.33. The SMILES string of the molecule is C[C@@]1(c2cc(Nc3nccc4cc(C#N)cnc34)cnc2F)N=C(N)S[C@@]2(C(F)F)C[C@@H]12. The third-order valence-electron chi connectivity index (χ3n) is 6.01. The van der Waals surface area contributed by atoms with Crippen LogP contribution in [-0.4, -0.2) is 31.3 Å². The van der Waals surface area contributed by atoms with Gasteiger partial charge in [-0.05, 0) is 31.5 Å². The fraction of sp³-hybridized carbons (Fsp3) is 0.286. The van der Waals surface area contributed by atoms with Crippen molar-refractivity contribution < 1.29 is 13.2 Å². The Kier molecular flexibility index (Phi) is 4.53. The van der Waals surface area contributed by atoms with Gasteiger partial charge in [0.05, 0.1) is 27.7 Å². The molecule has 3 N–H and O–H groups in total. The third kappa shape index (κ3) is 3.05. The Hall–Kier alpha value is -3.39. The van der Waals surface area contributed by atoms with Crippen LogP contribution in [0.5, 0.6) is 0 Å². The van der Waals surface area contributed by atoms with E-state index in [2.05, 4.69) is 25.3 Å². The number of aliphatic imine (C=N–C) groups is 1. The number of alkyl halides is 2. The number of nitrogens with one attached hydrogen (secondary N) is 1. The van der Waals surface area contributed by atoms with E-state index < -0.39 is 28.6 Å². The van der Waals surface area contributed by atoms with E-state index in [1.165, 1.54) is 18.5 Å². The first-order valence-corrected chi connectivity index (χ1v) is 10.5. The molecule has 3 aromatic rings.